The highest BCUT2D eigenvalue weighted by Crippen LogP contribution is 2.17. The lowest BCUT2D eigenvalue weighted by molar-refractivity contribution is -0.143. The summed E-state index contributed by atoms with van der Waals surface area (Å²) >= 11 is 0. The van der Waals surface area contributed by atoms with Crippen molar-refractivity contribution >= 4 is 5.97 Å². The number of aryl methyl sites for hydroxylation is 1. The summed E-state index contributed by atoms with van der Waals surface area (Å²) in [6.45, 7) is 2.90. The summed E-state index contributed by atoms with van der Waals surface area (Å²) in [7, 11) is 1.44. The minimum absolute atomic E-state index is 0.172. The lowest BCUT2D eigenvalue weighted by Crippen LogP contribution is -2.38. The number of nitrogens with one attached hydrogen (secondary N) is 1. The fraction of sp³-hybridized carbons (Fsp3) is 0.462. The van der Waals surface area contributed by atoms with Gasteiger partial charge < -0.3 is 10.1 Å². The van der Waals surface area contributed by atoms with Crippen LogP contribution < -0.4 is 5.32 Å². The van der Waals surface area contributed by atoms with E-state index in [9.17, 15) is 4.79 Å². The van der Waals surface area contributed by atoms with Crippen LogP contribution in [0, 0.1) is 6.92 Å². The molecule has 0 aromatic heterocycles. The maximum Gasteiger partial charge on any atom is 0.323 e. The van der Waals surface area contributed by atoms with Gasteiger partial charge in [0.05, 0.1) is 7.11 Å². The van der Waals surface area contributed by atoms with Crippen molar-refractivity contribution in [3.05, 3.63) is 34.9 Å². The molecule has 1 unspecified atom stereocenters. The fourth-order valence-electron chi connectivity index (χ4n) is 2.17. The van der Waals surface area contributed by atoms with Crippen LogP contribution in [0.25, 0.3) is 0 Å². The van der Waals surface area contributed by atoms with Gasteiger partial charge in [0.15, 0.2) is 0 Å². The zero-order valence-corrected chi connectivity index (χ0v) is 9.75. The van der Waals surface area contributed by atoms with Crippen LogP contribution in [-0.2, 0) is 22.4 Å². The van der Waals surface area contributed by atoms with Crippen molar-refractivity contribution in [3.63, 3.8) is 0 Å². The monoisotopic (exact) mass is 219 g/mol. The Morgan fingerprint density at radius 1 is 1.44 bits per heavy atom. The Balaban J connectivity index is 2.25. The topological polar surface area (TPSA) is 38.3 Å². The fourth-order valence-corrected chi connectivity index (χ4v) is 2.17. The van der Waals surface area contributed by atoms with Crippen LogP contribution in [-0.4, -0.2) is 25.7 Å². The summed E-state index contributed by atoms with van der Waals surface area (Å²) in [5, 5.41) is 3.22. The summed E-state index contributed by atoms with van der Waals surface area (Å²) in [6, 6.07) is 6.25. The molecule has 1 aromatic carbocycles. The Labute approximate surface area is 95.8 Å². The highest BCUT2D eigenvalue weighted by molar-refractivity contribution is 5.76. The summed E-state index contributed by atoms with van der Waals surface area (Å²) in [5.41, 5.74) is 3.84. The van der Waals surface area contributed by atoms with Crippen LogP contribution in [0.15, 0.2) is 18.2 Å². The van der Waals surface area contributed by atoms with Crippen LogP contribution >= 0.6 is 0 Å². The highest BCUT2D eigenvalue weighted by atomic mass is 16.5. The predicted octanol–water partition coefficient (Wildman–Crippen LogP) is 1.22. The van der Waals surface area contributed by atoms with Gasteiger partial charge in [-0.25, -0.2) is 0 Å². The van der Waals surface area contributed by atoms with Crippen molar-refractivity contribution in [2.24, 2.45) is 0 Å². The molecule has 0 saturated carbocycles. The molecule has 1 heterocycles. The number of carbonyl (C=O) groups is 1. The van der Waals surface area contributed by atoms with Crippen molar-refractivity contribution in [1.82, 2.24) is 5.32 Å². The first-order chi connectivity index (χ1) is 7.70. The molecule has 0 fully saturated rings. The summed E-state index contributed by atoms with van der Waals surface area (Å²) in [6.07, 6.45) is 1.70. The van der Waals surface area contributed by atoms with Crippen molar-refractivity contribution in [3.8, 4) is 0 Å². The molecule has 86 valence electrons. The number of carbonyl (C=O) groups excluding carboxylic acids is 1. The van der Waals surface area contributed by atoms with Gasteiger partial charge in [0.2, 0.25) is 0 Å². The SMILES string of the molecule is COC(=O)C1Cc2cc(C)ccc2CCN1. The molecular weight excluding hydrogens is 202 g/mol. The molecule has 3 heteroatoms. The van der Waals surface area contributed by atoms with Crippen molar-refractivity contribution in [2.75, 3.05) is 13.7 Å². The van der Waals surface area contributed by atoms with Crippen LogP contribution in [0.5, 0.6) is 0 Å². The average Bonchev–Trinajstić information content (AvgIpc) is 2.49. The van der Waals surface area contributed by atoms with Gasteiger partial charge in [-0.2, -0.15) is 0 Å². The second-order valence-electron chi connectivity index (χ2n) is 4.26. The van der Waals surface area contributed by atoms with E-state index in [4.69, 9.17) is 4.74 Å². The Kier molecular flexibility index (Phi) is 3.25. The molecular formula is C13H17NO2. The number of hydrogen-bond donors (Lipinski definition) is 1. The number of esters is 1. The van der Waals surface area contributed by atoms with Gasteiger partial charge in [-0.05, 0) is 37.4 Å². The molecule has 1 atom stereocenters. The zero-order valence-electron chi connectivity index (χ0n) is 9.75. The maximum atomic E-state index is 11.5. The van der Waals surface area contributed by atoms with Gasteiger partial charge in [0, 0.05) is 0 Å². The van der Waals surface area contributed by atoms with E-state index in [1.165, 1.54) is 23.8 Å². The number of hydrogen-bond acceptors (Lipinski definition) is 3. The molecule has 0 spiro atoms. The Hall–Kier alpha value is -1.35. The second kappa shape index (κ2) is 4.66. The standard InChI is InChI=1S/C13H17NO2/c1-9-3-4-10-5-6-14-12(13(15)16-2)8-11(10)7-9/h3-4,7,12,14H,5-6,8H2,1-2H3. The molecule has 0 radical (unpaired) electrons. The third-order valence-electron chi connectivity index (χ3n) is 3.06. The van der Waals surface area contributed by atoms with Gasteiger partial charge in [-0.3, -0.25) is 4.79 Å². The third kappa shape index (κ3) is 2.25. The molecule has 0 aliphatic carbocycles. The summed E-state index contributed by atoms with van der Waals surface area (Å²) in [4.78, 5) is 11.5. The lowest BCUT2D eigenvalue weighted by atomic mass is 9.98. The second-order valence-corrected chi connectivity index (χ2v) is 4.26. The van der Waals surface area contributed by atoms with E-state index in [0.29, 0.717) is 0 Å². The van der Waals surface area contributed by atoms with Gasteiger partial charge >= 0.3 is 5.97 Å². The molecule has 2 rings (SSSR count). The Morgan fingerprint density at radius 3 is 3.00 bits per heavy atom. The smallest absolute Gasteiger partial charge is 0.323 e. The van der Waals surface area contributed by atoms with Gasteiger partial charge in [0.25, 0.3) is 0 Å². The highest BCUT2D eigenvalue weighted by Gasteiger charge is 2.22. The van der Waals surface area contributed by atoms with E-state index < -0.39 is 0 Å². The predicted molar refractivity (Wildman–Crippen MR) is 62.4 cm³/mol. The number of fused-ring (bicyclic) bond motifs is 1. The average molecular weight is 219 g/mol. The molecule has 1 aliphatic rings. The van der Waals surface area contributed by atoms with Crippen molar-refractivity contribution in [2.45, 2.75) is 25.8 Å². The molecule has 0 saturated heterocycles. The number of benzene rings is 1. The van der Waals surface area contributed by atoms with E-state index in [0.717, 1.165) is 19.4 Å². The number of ether oxygens (including phenoxy) is 1. The molecule has 0 amide bonds. The van der Waals surface area contributed by atoms with Crippen molar-refractivity contribution in [1.29, 1.82) is 0 Å². The first-order valence-electron chi connectivity index (χ1n) is 5.60. The van der Waals surface area contributed by atoms with E-state index in [1.807, 2.05) is 0 Å². The third-order valence-corrected chi connectivity index (χ3v) is 3.06. The van der Waals surface area contributed by atoms with E-state index in [1.54, 1.807) is 0 Å². The van der Waals surface area contributed by atoms with E-state index >= 15 is 0 Å². The Morgan fingerprint density at radius 2 is 2.25 bits per heavy atom. The number of rotatable bonds is 1. The largest absolute Gasteiger partial charge is 0.468 e. The summed E-state index contributed by atoms with van der Waals surface area (Å²) < 4.78 is 4.79. The van der Waals surface area contributed by atoms with Crippen LogP contribution in [0.2, 0.25) is 0 Å². The molecule has 16 heavy (non-hydrogen) atoms. The minimum atomic E-state index is -0.201. The first kappa shape index (κ1) is 11.1. The van der Waals surface area contributed by atoms with E-state index in [-0.39, 0.29) is 12.0 Å². The van der Waals surface area contributed by atoms with Crippen LogP contribution in [0.3, 0.4) is 0 Å². The number of methoxy groups -OCH3 is 1. The maximum absolute atomic E-state index is 11.5. The van der Waals surface area contributed by atoms with E-state index in [2.05, 4.69) is 30.4 Å². The Bertz CT molecular complexity index is 401. The van der Waals surface area contributed by atoms with Crippen LogP contribution in [0.1, 0.15) is 16.7 Å². The van der Waals surface area contributed by atoms with Crippen LogP contribution in [0.4, 0.5) is 0 Å². The van der Waals surface area contributed by atoms with Crippen molar-refractivity contribution < 1.29 is 9.53 Å². The molecule has 1 N–H and O–H groups in total. The molecule has 1 aromatic rings. The van der Waals surface area contributed by atoms with Gasteiger partial charge in [-0.15, -0.1) is 0 Å². The first-order valence-corrected chi connectivity index (χ1v) is 5.60. The summed E-state index contributed by atoms with van der Waals surface area (Å²) in [5.74, 6) is -0.172. The normalized spacial score (nSPS) is 19.8. The molecule has 3 nitrogen and oxygen atoms in total. The quantitative estimate of drug-likeness (QED) is 0.722. The molecule has 1 aliphatic heterocycles. The van der Waals surface area contributed by atoms with Gasteiger partial charge in [-0.1, -0.05) is 23.8 Å². The molecule has 0 bridgehead atoms. The zero-order chi connectivity index (χ0) is 11.5. The van der Waals surface area contributed by atoms with Gasteiger partial charge in [0.1, 0.15) is 6.04 Å². The minimum Gasteiger partial charge on any atom is -0.468 e. The lowest BCUT2D eigenvalue weighted by Gasteiger charge is -2.13.